The molecule has 0 fully saturated rings. The van der Waals surface area contributed by atoms with Gasteiger partial charge in [-0.15, -0.1) is 0 Å². The maximum atomic E-state index is 9.03. The first-order valence-corrected chi connectivity index (χ1v) is 6.82. The van der Waals surface area contributed by atoms with Gasteiger partial charge in [0, 0.05) is 0 Å². The summed E-state index contributed by atoms with van der Waals surface area (Å²) in [6.45, 7) is 0.446. The van der Waals surface area contributed by atoms with Crippen LogP contribution in [-0.2, 0) is 6.61 Å². The Balaban J connectivity index is 2.05. The minimum atomic E-state index is -0.362. The van der Waals surface area contributed by atoms with Gasteiger partial charge in [0.05, 0.1) is 17.1 Å². The van der Waals surface area contributed by atoms with Gasteiger partial charge in [-0.1, -0.05) is 36.4 Å². The van der Waals surface area contributed by atoms with Crippen LogP contribution in [0.15, 0.2) is 53.0 Å². The third-order valence-electron chi connectivity index (χ3n) is 2.82. The zero-order valence-corrected chi connectivity index (χ0v) is 12.0. The largest absolute Gasteiger partial charge is 0.488 e. The molecule has 3 N–H and O–H groups in total. The summed E-state index contributed by atoms with van der Waals surface area (Å²) in [6, 6.07) is 15.2. The van der Waals surface area contributed by atoms with Crippen LogP contribution in [0.25, 0.3) is 0 Å². The molecule has 3 nitrogen and oxygen atoms in total. The monoisotopic (exact) mass is 321 g/mol. The SMILES string of the molecule is N[C@H](CO)c1ccc(OCc2ccccc2)c(Br)c1. The molecule has 0 aromatic heterocycles. The smallest absolute Gasteiger partial charge is 0.134 e. The molecule has 0 amide bonds. The predicted molar refractivity (Wildman–Crippen MR) is 78.9 cm³/mol. The Labute approximate surface area is 121 Å². The van der Waals surface area contributed by atoms with Gasteiger partial charge in [-0.25, -0.2) is 0 Å². The minimum absolute atomic E-state index is 0.0728. The number of aliphatic hydroxyl groups is 1. The lowest BCUT2D eigenvalue weighted by atomic mass is 10.1. The molecular formula is C15H16BrNO2. The number of aliphatic hydroxyl groups excluding tert-OH is 1. The summed E-state index contributed by atoms with van der Waals surface area (Å²) < 4.78 is 6.58. The van der Waals surface area contributed by atoms with Crippen LogP contribution in [0.2, 0.25) is 0 Å². The first-order valence-electron chi connectivity index (χ1n) is 6.03. The van der Waals surface area contributed by atoms with Gasteiger partial charge in [0.2, 0.25) is 0 Å². The molecule has 0 aliphatic rings. The van der Waals surface area contributed by atoms with E-state index in [0.717, 1.165) is 21.3 Å². The molecule has 4 heteroatoms. The third-order valence-corrected chi connectivity index (χ3v) is 3.44. The van der Waals surface area contributed by atoms with Crippen molar-refractivity contribution in [3.05, 3.63) is 64.1 Å². The van der Waals surface area contributed by atoms with Crippen LogP contribution in [0, 0.1) is 0 Å². The van der Waals surface area contributed by atoms with Crippen LogP contribution in [0.4, 0.5) is 0 Å². The molecule has 100 valence electrons. The standard InChI is InChI=1S/C15H16BrNO2/c16-13-8-12(14(17)9-18)6-7-15(13)19-10-11-4-2-1-3-5-11/h1-8,14,18H,9-10,17H2/t14-/m1/s1. The molecule has 0 saturated carbocycles. The van der Waals surface area contributed by atoms with Crippen LogP contribution in [0.1, 0.15) is 17.2 Å². The molecule has 19 heavy (non-hydrogen) atoms. The fourth-order valence-electron chi connectivity index (χ4n) is 1.71. The van der Waals surface area contributed by atoms with Crippen molar-refractivity contribution >= 4 is 15.9 Å². The maximum absolute atomic E-state index is 9.03. The number of hydrogen-bond donors (Lipinski definition) is 2. The van der Waals surface area contributed by atoms with Crippen molar-refractivity contribution < 1.29 is 9.84 Å². The highest BCUT2D eigenvalue weighted by Gasteiger charge is 2.08. The average Bonchev–Trinajstić information content (AvgIpc) is 2.46. The lowest BCUT2D eigenvalue weighted by molar-refractivity contribution is 0.267. The van der Waals surface area contributed by atoms with Crippen LogP contribution < -0.4 is 10.5 Å². The predicted octanol–water partition coefficient (Wildman–Crippen LogP) is 3.02. The molecule has 0 unspecified atom stereocenters. The summed E-state index contributed by atoms with van der Waals surface area (Å²) in [4.78, 5) is 0. The fraction of sp³-hybridized carbons (Fsp3) is 0.200. The molecule has 0 saturated heterocycles. The molecule has 2 rings (SSSR count). The van der Waals surface area contributed by atoms with Crippen LogP contribution in [-0.4, -0.2) is 11.7 Å². The number of rotatable bonds is 5. The number of nitrogens with two attached hydrogens (primary N) is 1. The highest BCUT2D eigenvalue weighted by atomic mass is 79.9. The molecular weight excluding hydrogens is 306 g/mol. The summed E-state index contributed by atoms with van der Waals surface area (Å²) >= 11 is 3.46. The van der Waals surface area contributed by atoms with Gasteiger partial charge in [0.15, 0.2) is 0 Å². The normalized spacial score (nSPS) is 12.2. The van der Waals surface area contributed by atoms with Crippen LogP contribution in [0.5, 0.6) is 5.75 Å². The third kappa shape index (κ3) is 3.80. The van der Waals surface area contributed by atoms with Gasteiger partial charge < -0.3 is 15.6 Å². The molecule has 0 radical (unpaired) electrons. The Morgan fingerprint density at radius 2 is 1.89 bits per heavy atom. The first-order chi connectivity index (χ1) is 9.20. The Hall–Kier alpha value is -1.36. The zero-order chi connectivity index (χ0) is 13.7. The van der Waals surface area contributed by atoms with Crippen LogP contribution >= 0.6 is 15.9 Å². The quantitative estimate of drug-likeness (QED) is 0.890. The topological polar surface area (TPSA) is 55.5 Å². The molecule has 0 aliphatic carbocycles. The maximum Gasteiger partial charge on any atom is 0.134 e. The van der Waals surface area contributed by atoms with E-state index >= 15 is 0 Å². The van der Waals surface area contributed by atoms with Crippen molar-refractivity contribution in [2.45, 2.75) is 12.6 Å². The lowest BCUT2D eigenvalue weighted by Gasteiger charge is -2.12. The molecule has 0 aliphatic heterocycles. The Morgan fingerprint density at radius 1 is 1.16 bits per heavy atom. The van der Waals surface area contributed by atoms with Crippen molar-refractivity contribution in [2.24, 2.45) is 5.73 Å². The number of benzene rings is 2. The van der Waals surface area contributed by atoms with Gasteiger partial charge in [0.25, 0.3) is 0 Å². The van der Waals surface area contributed by atoms with Crippen molar-refractivity contribution in [3.63, 3.8) is 0 Å². The Morgan fingerprint density at radius 3 is 2.53 bits per heavy atom. The second-order valence-electron chi connectivity index (χ2n) is 4.25. The summed E-state index contributed by atoms with van der Waals surface area (Å²) in [5, 5.41) is 9.03. The molecule has 2 aromatic carbocycles. The van der Waals surface area contributed by atoms with Crippen molar-refractivity contribution in [3.8, 4) is 5.75 Å². The van der Waals surface area contributed by atoms with E-state index in [1.807, 2.05) is 48.5 Å². The van der Waals surface area contributed by atoms with Gasteiger partial charge in [0.1, 0.15) is 12.4 Å². The summed E-state index contributed by atoms with van der Waals surface area (Å²) in [7, 11) is 0. The number of halogens is 1. The van der Waals surface area contributed by atoms with Gasteiger partial charge in [-0.05, 0) is 39.2 Å². The van der Waals surface area contributed by atoms with E-state index < -0.39 is 0 Å². The zero-order valence-electron chi connectivity index (χ0n) is 10.4. The molecule has 0 spiro atoms. The van der Waals surface area contributed by atoms with E-state index in [0.29, 0.717) is 6.61 Å². The summed E-state index contributed by atoms with van der Waals surface area (Å²) in [5.74, 6) is 0.762. The van der Waals surface area contributed by atoms with Crippen molar-refractivity contribution in [1.29, 1.82) is 0 Å². The second-order valence-corrected chi connectivity index (χ2v) is 5.11. The van der Waals surface area contributed by atoms with E-state index in [-0.39, 0.29) is 12.6 Å². The van der Waals surface area contributed by atoms with Crippen molar-refractivity contribution in [2.75, 3.05) is 6.61 Å². The second kappa shape index (κ2) is 6.70. The molecule has 1 atom stereocenters. The average molecular weight is 322 g/mol. The van der Waals surface area contributed by atoms with Gasteiger partial charge >= 0.3 is 0 Å². The fourth-order valence-corrected chi connectivity index (χ4v) is 2.22. The van der Waals surface area contributed by atoms with Crippen LogP contribution in [0.3, 0.4) is 0 Å². The van der Waals surface area contributed by atoms with Crippen molar-refractivity contribution in [1.82, 2.24) is 0 Å². The summed E-state index contributed by atoms with van der Waals surface area (Å²) in [6.07, 6.45) is 0. The Bertz CT molecular complexity index is 531. The number of hydrogen-bond acceptors (Lipinski definition) is 3. The molecule has 0 bridgehead atoms. The summed E-state index contributed by atoms with van der Waals surface area (Å²) in [5.41, 5.74) is 7.76. The highest BCUT2D eigenvalue weighted by molar-refractivity contribution is 9.10. The van der Waals surface area contributed by atoms with Gasteiger partial charge in [-0.2, -0.15) is 0 Å². The first kappa shape index (κ1) is 14.1. The number of ether oxygens (including phenoxy) is 1. The molecule has 2 aromatic rings. The minimum Gasteiger partial charge on any atom is -0.488 e. The van der Waals surface area contributed by atoms with E-state index in [1.165, 1.54) is 0 Å². The highest BCUT2D eigenvalue weighted by Crippen LogP contribution is 2.28. The van der Waals surface area contributed by atoms with E-state index in [9.17, 15) is 0 Å². The van der Waals surface area contributed by atoms with E-state index in [4.69, 9.17) is 15.6 Å². The molecule has 0 heterocycles. The van der Waals surface area contributed by atoms with E-state index in [2.05, 4.69) is 15.9 Å². The lowest BCUT2D eigenvalue weighted by Crippen LogP contribution is -2.14. The van der Waals surface area contributed by atoms with Gasteiger partial charge in [-0.3, -0.25) is 0 Å². The Kier molecular flexibility index (Phi) is 4.96. The van der Waals surface area contributed by atoms with E-state index in [1.54, 1.807) is 0 Å².